The number of hydrogen-bond donors (Lipinski definition) is 1. The summed E-state index contributed by atoms with van der Waals surface area (Å²) in [4.78, 5) is 2.66. The molecule has 12 heavy (non-hydrogen) atoms. The van der Waals surface area contributed by atoms with Gasteiger partial charge in [0.05, 0.1) is 12.7 Å². The van der Waals surface area contributed by atoms with Gasteiger partial charge in [0, 0.05) is 25.2 Å². The van der Waals surface area contributed by atoms with Gasteiger partial charge in [-0.2, -0.15) is 0 Å². The zero-order valence-electron chi connectivity index (χ0n) is 7.33. The summed E-state index contributed by atoms with van der Waals surface area (Å²) in [6, 6.07) is 1.56. The fourth-order valence-electron chi connectivity index (χ4n) is 2.80. The predicted molar refractivity (Wildman–Crippen MR) is 46.1 cm³/mol. The first-order valence-corrected chi connectivity index (χ1v) is 5.01. The van der Waals surface area contributed by atoms with Crippen LogP contribution in [0.1, 0.15) is 12.8 Å². The van der Waals surface area contributed by atoms with Gasteiger partial charge in [-0.25, -0.2) is 0 Å². The molecule has 3 rings (SSSR count). The van der Waals surface area contributed by atoms with E-state index in [1.807, 2.05) is 0 Å². The molecular weight excluding hydrogens is 152 g/mol. The van der Waals surface area contributed by atoms with Crippen molar-refractivity contribution in [2.75, 3.05) is 26.2 Å². The highest BCUT2D eigenvalue weighted by molar-refractivity contribution is 4.96. The largest absolute Gasteiger partial charge is 0.375 e. The van der Waals surface area contributed by atoms with E-state index in [4.69, 9.17) is 4.74 Å². The van der Waals surface area contributed by atoms with Crippen LogP contribution in [0.2, 0.25) is 0 Å². The lowest BCUT2D eigenvalue weighted by Crippen LogP contribution is -2.45. The molecule has 3 atom stereocenters. The van der Waals surface area contributed by atoms with Gasteiger partial charge in [0.2, 0.25) is 0 Å². The molecule has 0 unspecified atom stereocenters. The van der Waals surface area contributed by atoms with Crippen molar-refractivity contribution in [3.63, 3.8) is 0 Å². The molecule has 3 aliphatic heterocycles. The maximum absolute atomic E-state index is 5.58. The highest BCUT2D eigenvalue weighted by atomic mass is 16.5. The van der Waals surface area contributed by atoms with Crippen molar-refractivity contribution in [2.45, 2.75) is 31.0 Å². The summed E-state index contributed by atoms with van der Waals surface area (Å²) < 4.78 is 5.58. The first kappa shape index (κ1) is 7.30. The minimum atomic E-state index is 0.565. The summed E-state index contributed by atoms with van der Waals surface area (Å²) in [5.41, 5.74) is 0. The number of fused-ring (bicyclic) bond motifs is 2. The first-order chi connectivity index (χ1) is 5.93. The molecule has 3 fully saturated rings. The lowest BCUT2D eigenvalue weighted by Gasteiger charge is -2.31. The van der Waals surface area contributed by atoms with Gasteiger partial charge in [-0.3, -0.25) is 4.90 Å². The number of nitrogens with zero attached hydrogens (tertiary/aromatic N) is 1. The molecule has 3 heteroatoms. The van der Waals surface area contributed by atoms with Gasteiger partial charge >= 0.3 is 0 Å². The molecule has 0 aliphatic carbocycles. The third kappa shape index (κ3) is 1.00. The maximum atomic E-state index is 5.58. The molecular formula is C9H16N2O. The van der Waals surface area contributed by atoms with E-state index in [1.165, 1.54) is 32.5 Å². The van der Waals surface area contributed by atoms with Crippen molar-refractivity contribution in [1.29, 1.82) is 0 Å². The van der Waals surface area contributed by atoms with E-state index < -0.39 is 0 Å². The van der Waals surface area contributed by atoms with Crippen molar-refractivity contribution < 1.29 is 4.74 Å². The zero-order chi connectivity index (χ0) is 7.97. The molecule has 0 radical (unpaired) electrons. The third-order valence-electron chi connectivity index (χ3n) is 3.45. The Kier molecular flexibility index (Phi) is 1.63. The molecule has 3 aliphatic rings. The Balaban J connectivity index is 1.69. The summed E-state index contributed by atoms with van der Waals surface area (Å²) in [7, 11) is 0. The first-order valence-electron chi connectivity index (χ1n) is 5.01. The van der Waals surface area contributed by atoms with Crippen LogP contribution in [0.3, 0.4) is 0 Å². The minimum absolute atomic E-state index is 0.565. The molecule has 0 aromatic carbocycles. The Morgan fingerprint density at radius 2 is 2.33 bits per heavy atom. The average Bonchev–Trinajstić information content (AvgIpc) is 2.81. The number of hydrogen-bond acceptors (Lipinski definition) is 3. The van der Waals surface area contributed by atoms with Crippen LogP contribution in [0.15, 0.2) is 0 Å². The van der Waals surface area contributed by atoms with Crippen LogP contribution >= 0.6 is 0 Å². The molecule has 3 heterocycles. The molecule has 2 bridgehead atoms. The summed E-state index contributed by atoms with van der Waals surface area (Å²) in [6.07, 6.45) is 3.19. The number of morpholine rings is 1. The third-order valence-corrected chi connectivity index (χ3v) is 3.45. The van der Waals surface area contributed by atoms with Gasteiger partial charge in [-0.1, -0.05) is 0 Å². The molecule has 0 aromatic rings. The monoisotopic (exact) mass is 168 g/mol. The highest BCUT2D eigenvalue weighted by Crippen LogP contribution is 2.30. The van der Waals surface area contributed by atoms with E-state index >= 15 is 0 Å². The fraction of sp³-hybridized carbons (Fsp3) is 1.00. The van der Waals surface area contributed by atoms with Gasteiger partial charge in [-0.15, -0.1) is 0 Å². The predicted octanol–water partition coefficient (Wildman–Crippen LogP) is -0.179. The average molecular weight is 168 g/mol. The normalized spacial score (nSPS) is 47.5. The van der Waals surface area contributed by atoms with Crippen molar-refractivity contribution in [2.24, 2.45) is 0 Å². The number of rotatable bonds is 1. The van der Waals surface area contributed by atoms with Crippen LogP contribution in [0, 0.1) is 0 Å². The van der Waals surface area contributed by atoms with Crippen molar-refractivity contribution in [1.82, 2.24) is 10.2 Å². The standard InChI is InChI=1S/C9H16N2O/c1-2-10-4-7(1)11-5-9-3-8(11)6-12-9/h7-10H,1-6H2/t7-,8-,9-/m0/s1. The van der Waals surface area contributed by atoms with Gasteiger partial charge in [0.15, 0.2) is 0 Å². The van der Waals surface area contributed by atoms with Crippen LogP contribution in [0.5, 0.6) is 0 Å². The summed E-state index contributed by atoms with van der Waals surface area (Å²) in [5, 5.41) is 3.43. The number of likely N-dealkylation sites (tertiary alicyclic amines) is 1. The summed E-state index contributed by atoms with van der Waals surface area (Å²) in [5.74, 6) is 0. The van der Waals surface area contributed by atoms with E-state index in [0.717, 1.165) is 18.7 Å². The van der Waals surface area contributed by atoms with E-state index in [1.54, 1.807) is 0 Å². The van der Waals surface area contributed by atoms with Crippen molar-refractivity contribution in [3.8, 4) is 0 Å². The van der Waals surface area contributed by atoms with E-state index in [0.29, 0.717) is 6.10 Å². The van der Waals surface area contributed by atoms with E-state index in [9.17, 15) is 0 Å². The van der Waals surface area contributed by atoms with E-state index in [2.05, 4.69) is 10.2 Å². The van der Waals surface area contributed by atoms with Crippen molar-refractivity contribution >= 4 is 0 Å². The van der Waals surface area contributed by atoms with Crippen LogP contribution < -0.4 is 5.32 Å². The Bertz CT molecular complexity index is 179. The SMILES string of the molecule is C1C[C@H](N2C[C@@H]3C[C@H]2CO3)CN1. The Hall–Kier alpha value is -0.120. The maximum Gasteiger partial charge on any atom is 0.0718 e. The Morgan fingerprint density at radius 3 is 2.92 bits per heavy atom. The molecule has 68 valence electrons. The summed E-state index contributed by atoms with van der Waals surface area (Å²) in [6.45, 7) is 4.58. The second-order valence-electron chi connectivity index (χ2n) is 4.19. The lowest BCUT2D eigenvalue weighted by molar-refractivity contribution is 0.0150. The van der Waals surface area contributed by atoms with Crippen LogP contribution in [-0.4, -0.2) is 49.3 Å². The second kappa shape index (κ2) is 2.69. The molecule has 3 nitrogen and oxygen atoms in total. The lowest BCUT2D eigenvalue weighted by atomic mass is 10.2. The minimum Gasteiger partial charge on any atom is -0.375 e. The van der Waals surface area contributed by atoms with Gasteiger partial charge in [0.1, 0.15) is 0 Å². The van der Waals surface area contributed by atoms with Crippen LogP contribution in [0.25, 0.3) is 0 Å². The number of nitrogens with one attached hydrogen (secondary N) is 1. The molecule has 0 saturated carbocycles. The fourth-order valence-corrected chi connectivity index (χ4v) is 2.80. The topological polar surface area (TPSA) is 24.5 Å². The number of ether oxygens (including phenoxy) is 1. The van der Waals surface area contributed by atoms with Gasteiger partial charge in [-0.05, 0) is 19.4 Å². The zero-order valence-corrected chi connectivity index (χ0v) is 7.33. The molecule has 0 spiro atoms. The highest BCUT2D eigenvalue weighted by Gasteiger charge is 2.42. The molecule has 0 aromatic heterocycles. The molecule has 1 N–H and O–H groups in total. The molecule has 3 saturated heterocycles. The van der Waals surface area contributed by atoms with Crippen LogP contribution in [0.4, 0.5) is 0 Å². The molecule has 0 amide bonds. The van der Waals surface area contributed by atoms with Gasteiger partial charge < -0.3 is 10.1 Å². The van der Waals surface area contributed by atoms with Crippen molar-refractivity contribution in [3.05, 3.63) is 0 Å². The quantitative estimate of drug-likeness (QED) is 0.588. The Morgan fingerprint density at radius 1 is 1.33 bits per heavy atom. The van der Waals surface area contributed by atoms with E-state index in [-0.39, 0.29) is 0 Å². The smallest absolute Gasteiger partial charge is 0.0718 e. The Labute approximate surface area is 73.1 Å². The van der Waals surface area contributed by atoms with Crippen LogP contribution in [-0.2, 0) is 4.74 Å². The second-order valence-corrected chi connectivity index (χ2v) is 4.19. The summed E-state index contributed by atoms with van der Waals surface area (Å²) >= 11 is 0. The van der Waals surface area contributed by atoms with Gasteiger partial charge in [0.25, 0.3) is 0 Å².